The Kier molecular flexibility index (Phi) is 3.61. The molecule has 0 unspecified atom stereocenters. The highest BCUT2D eigenvalue weighted by atomic mass is 16.3. The van der Waals surface area contributed by atoms with Gasteiger partial charge in [-0.2, -0.15) is 0 Å². The fourth-order valence-electron chi connectivity index (χ4n) is 2.00. The lowest BCUT2D eigenvalue weighted by atomic mass is 10.1. The zero-order chi connectivity index (χ0) is 13.3. The van der Waals surface area contributed by atoms with Gasteiger partial charge in [0, 0.05) is 12.2 Å². The van der Waals surface area contributed by atoms with Crippen molar-refractivity contribution < 1.29 is 9.90 Å². The average molecular weight is 251 g/mol. The van der Waals surface area contributed by atoms with Gasteiger partial charge in [0.25, 0.3) is 5.91 Å². The normalized spacial score (nSPS) is 16.9. The van der Waals surface area contributed by atoms with E-state index in [1.54, 1.807) is 6.07 Å². The number of anilines is 1. The molecule has 5 nitrogen and oxygen atoms in total. The summed E-state index contributed by atoms with van der Waals surface area (Å²) in [5.74, 6) is 0.0342. The largest absolute Gasteiger partial charge is 0.397 e. The first-order chi connectivity index (χ1) is 8.52. The van der Waals surface area contributed by atoms with E-state index in [4.69, 9.17) is 5.73 Å². The molecule has 1 aromatic heterocycles. The number of aliphatic hydroxyl groups is 1. The van der Waals surface area contributed by atoms with Crippen molar-refractivity contribution in [3.8, 4) is 0 Å². The third kappa shape index (κ3) is 2.67. The molecule has 1 amide bonds. The minimum absolute atomic E-state index is 0.0526. The van der Waals surface area contributed by atoms with Crippen LogP contribution in [0.5, 0.6) is 0 Å². The molecule has 1 aliphatic carbocycles. The summed E-state index contributed by atoms with van der Waals surface area (Å²) in [6.07, 6.45) is 4.01. The van der Waals surface area contributed by atoms with Gasteiger partial charge in [0.2, 0.25) is 0 Å². The number of carbonyl (C=O) groups is 1. The van der Waals surface area contributed by atoms with Gasteiger partial charge in [-0.25, -0.2) is 0 Å². The van der Waals surface area contributed by atoms with E-state index in [1.807, 2.05) is 24.6 Å². The van der Waals surface area contributed by atoms with E-state index in [0.29, 0.717) is 17.4 Å². The first-order valence-electron chi connectivity index (χ1n) is 6.42. The predicted octanol–water partition coefficient (Wildman–Crippen LogP) is 1.15. The summed E-state index contributed by atoms with van der Waals surface area (Å²) in [5.41, 5.74) is 6.96. The van der Waals surface area contributed by atoms with Crippen LogP contribution in [0.4, 0.5) is 5.69 Å². The standard InChI is InChI=1S/C13H21N3O2/c1-8(2)11(7-17)15-13(18)12-5-9(14)6-16(12)10-3-4-10/h5-6,8,10-11,17H,3-4,7,14H2,1-2H3,(H,15,18)/t11-/m1/s1. The number of nitrogens with two attached hydrogens (primary N) is 1. The van der Waals surface area contributed by atoms with Crippen LogP contribution >= 0.6 is 0 Å². The van der Waals surface area contributed by atoms with Gasteiger partial charge in [-0.05, 0) is 24.8 Å². The quantitative estimate of drug-likeness (QED) is 0.734. The van der Waals surface area contributed by atoms with Gasteiger partial charge in [0.05, 0.1) is 18.3 Å². The number of hydrogen-bond acceptors (Lipinski definition) is 3. The molecule has 1 atom stereocenters. The van der Waals surface area contributed by atoms with Crippen LogP contribution in [0.1, 0.15) is 43.2 Å². The smallest absolute Gasteiger partial charge is 0.268 e. The van der Waals surface area contributed by atoms with Crippen LogP contribution in [0, 0.1) is 5.92 Å². The predicted molar refractivity (Wildman–Crippen MR) is 70.3 cm³/mol. The summed E-state index contributed by atoms with van der Waals surface area (Å²) in [6, 6.07) is 1.89. The Bertz CT molecular complexity index is 435. The number of nitrogens with one attached hydrogen (secondary N) is 1. The summed E-state index contributed by atoms with van der Waals surface area (Å²) in [6.45, 7) is 3.88. The summed E-state index contributed by atoms with van der Waals surface area (Å²) in [7, 11) is 0. The summed E-state index contributed by atoms with van der Waals surface area (Å²) in [4.78, 5) is 12.2. The van der Waals surface area contributed by atoms with Gasteiger partial charge in [0.15, 0.2) is 0 Å². The molecule has 1 saturated carbocycles. The zero-order valence-corrected chi connectivity index (χ0v) is 10.9. The third-order valence-electron chi connectivity index (χ3n) is 3.36. The molecule has 0 saturated heterocycles. The first-order valence-corrected chi connectivity index (χ1v) is 6.42. The Morgan fingerprint density at radius 3 is 2.78 bits per heavy atom. The van der Waals surface area contributed by atoms with Gasteiger partial charge in [-0.1, -0.05) is 13.8 Å². The third-order valence-corrected chi connectivity index (χ3v) is 3.36. The Morgan fingerprint density at radius 2 is 2.28 bits per heavy atom. The second-order valence-corrected chi connectivity index (χ2v) is 5.30. The van der Waals surface area contributed by atoms with E-state index in [0.717, 1.165) is 12.8 Å². The summed E-state index contributed by atoms with van der Waals surface area (Å²) in [5, 5.41) is 12.1. The molecular weight excluding hydrogens is 230 g/mol. The zero-order valence-electron chi connectivity index (χ0n) is 10.9. The lowest BCUT2D eigenvalue weighted by molar-refractivity contribution is 0.0887. The maximum absolute atomic E-state index is 12.2. The number of nitrogens with zero attached hydrogens (tertiary/aromatic N) is 1. The minimum atomic E-state index is -0.221. The van der Waals surface area contributed by atoms with Gasteiger partial charge >= 0.3 is 0 Å². The lowest BCUT2D eigenvalue weighted by Crippen LogP contribution is -2.41. The molecule has 0 aliphatic heterocycles. The summed E-state index contributed by atoms with van der Waals surface area (Å²) >= 11 is 0. The molecule has 0 aromatic carbocycles. The molecule has 0 radical (unpaired) electrons. The number of aromatic nitrogens is 1. The molecule has 1 fully saturated rings. The van der Waals surface area contributed by atoms with Gasteiger partial charge in [-0.3, -0.25) is 4.79 Å². The maximum atomic E-state index is 12.2. The van der Waals surface area contributed by atoms with Crippen molar-refractivity contribution in [2.45, 2.75) is 38.8 Å². The van der Waals surface area contributed by atoms with Crippen molar-refractivity contribution in [1.82, 2.24) is 9.88 Å². The van der Waals surface area contributed by atoms with Crippen molar-refractivity contribution in [2.75, 3.05) is 12.3 Å². The topological polar surface area (TPSA) is 80.3 Å². The Morgan fingerprint density at radius 1 is 1.61 bits per heavy atom. The molecule has 2 rings (SSSR count). The van der Waals surface area contributed by atoms with E-state index in [-0.39, 0.29) is 24.5 Å². The van der Waals surface area contributed by atoms with Gasteiger partial charge in [0.1, 0.15) is 5.69 Å². The lowest BCUT2D eigenvalue weighted by Gasteiger charge is -2.20. The highest BCUT2D eigenvalue weighted by Gasteiger charge is 2.28. The second-order valence-electron chi connectivity index (χ2n) is 5.30. The fourth-order valence-corrected chi connectivity index (χ4v) is 2.00. The summed E-state index contributed by atoms with van der Waals surface area (Å²) < 4.78 is 1.94. The Balaban J connectivity index is 2.13. The fraction of sp³-hybridized carbons (Fsp3) is 0.615. The SMILES string of the molecule is CC(C)[C@@H](CO)NC(=O)c1cc(N)cn1C1CC1. The van der Waals surface area contributed by atoms with E-state index in [2.05, 4.69) is 5.32 Å². The molecular formula is C13H21N3O2. The highest BCUT2D eigenvalue weighted by molar-refractivity contribution is 5.94. The van der Waals surface area contributed by atoms with Crippen molar-refractivity contribution >= 4 is 11.6 Å². The molecule has 0 bridgehead atoms. The number of carbonyl (C=O) groups excluding carboxylic acids is 1. The number of aliphatic hydroxyl groups excluding tert-OH is 1. The Labute approximate surface area is 107 Å². The second kappa shape index (κ2) is 5.02. The van der Waals surface area contributed by atoms with Crippen LogP contribution in [-0.4, -0.2) is 28.2 Å². The first kappa shape index (κ1) is 13.0. The molecule has 100 valence electrons. The van der Waals surface area contributed by atoms with Gasteiger partial charge in [-0.15, -0.1) is 0 Å². The van der Waals surface area contributed by atoms with Crippen LogP contribution < -0.4 is 11.1 Å². The molecule has 1 aromatic rings. The molecule has 4 N–H and O–H groups in total. The van der Waals surface area contributed by atoms with Crippen molar-refractivity contribution in [3.63, 3.8) is 0 Å². The molecule has 1 heterocycles. The monoisotopic (exact) mass is 251 g/mol. The number of nitrogen functional groups attached to an aromatic ring is 1. The highest BCUT2D eigenvalue weighted by Crippen LogP contribution is 2.37. The number of amides is 1. The van der Waals surface area contributed by atoms with Crippen molar-refractivity contribution in [1.29, 1.82) is 0 Å². The van der Waals surface area contributed by atoms with E-state index in [1.165, 1.54) is 0 Å². The number of rotatable bonds is 5. The van der Waals surface area contributed by atoms with Crippen LogP contribution in [0.25, 0.3) is 0 Å². The molecule has 5 heteroatoms. The average Bonchev–Trinajstić information content (AvgIpc) is 3.08. The molecule has 0 spiro atoms. The van der Waals surface area contributed by atoms with Crippen molar-refractivity contribution in [2.24, 2.45) is 5.92 Å². The van der Waals surface area contributed by atoms with Crippen LogP contribution in [-0.2, 0) is 0 Å². The molecule has 18 heavy (non-hydrogen) atoms. The minimum Gasteiger partial charge on any atom is -0.397 e. The van der Waals surface area contributed by atoms with E-state index in [9.17, 15) is 9.90 Å². The van der Waals surface area contributed by atoms with Crippen LogP contribution in [0.15, 0.2) is 12.3 Å². The van der Waals surface area contributed by atoms with Crippen LogP contribution in [0.2, 0.25) is 0 Å². The maximum Gasteiger partial charge on any atom is 0.268 e. The van der Waals surface area contributed by atoms with Crippen molar-refractivity contribution in [3.05, 3.63) is 18.0 Å². The van der Waals surface area contributed by atoms with Gasteiger partial charge < -0.3 is 20.7 Å². The molecule has 1 aliphatic rings. The number of hydrogen-bond donors (Lipinski definition) is 3. The Hall–Kier alpha value is -1.49. The van der Waals surface area contributed by atoms with Crippen LogP contribution in [0.3, 0.4) is 0 Å². The van der Waals surface area contributed by atoms with E-state index >= 15 is 0 Å². The van der Waals surface area contributed by atoms with E-state index < -0.39 is 0 Å².